The molecule has 0 fully saturated rings. The van der Waals surface area contributed by atoms with Crippen molar-refractivity contribution in [1.82, 2.24) is 0 Å². The Bertz CT molecular complexity index is 418. The summed E-state index contributed by atoms with van der Waals surface area (Å²) < 4.78 is 75.2. The van der Waals surface area contributed by atoms with E-state index >= 15 is 0 Å². The number of hydrogen-bond acceptors (Lipinski definition) is 1. The number of nitrogens with two attached hydrogens (primary N) is 1. The van der Waals surface area contributed by atoms with Crippen molar-refractivity contribution in [2.75, 3.05) is 5.73 Å². The number of benzene rings is 1. The smallest absolute Gasteiger partial charge is 0.398 e. The van der Waals surface area contributed by atoms with Gasteiger partial charge in [0.05, 0.1) is 10.7 Å². The van der Waals surface area contributed by atoms with Crippen molar-refractivity contribution in [2.45, 2.75) is 18.3 Å². The van der Waals surface area contributed by atoms with Gasteiger partial charge >= 0.3 is 6.18 Å². The van der Waals surface area contributed by atoms with Crippen molar-refractivity contribution in [3.05, 3.63) is 28.8 Å². The van der Waals surface area contributed by atoms with Crippen LogP contribution in [-0.2, 0) is 5.67 Å². The fourth-order valence-electron chi connectivity index (χ4n) is 1.17. The second-order valence-corrected chi connectivity index (χ2v) is 3.65. The van der Waals surface area contributed by atoms with Gasteiger partial charge in [0.15, 0.2) is 0 Å². The number of halogens is 7. The van der Waals surface area contributed by atoms with Crippen LogP contribution >= 0.6 is 11.6 Å². The van der Waals surface area contributed by atoms with E-state index in [1.807, 2.05) is 0 Å². The first-order chi connectivity index (χ1) is 7.60. The molecule has 2 N–H and O–H groups in total. The van der Waals surface area contributed by atoms with Gasteiger partial charge in [-0.05, 0) is 12.1 Å². The van der Waals surface area contributed by atoms with Gasteiger partial charge in [0.1, 0.15) is 0 Å². The van der Waals surface area contributed by atoms with Crippen LogP contribution < -0.4 is 5.73 Å². The van der Waals surface area contributed by atoms with Crippen molar-refractivity contribution >= 4 is 17.3 Å². The molecular weight excluding hydrogens is 272 g/mol. The van der Waals surface area contributed by atoms with Gasteiger partial charge in [0.25, 0.3) is 12.1 Å². The van der Waals surface area contributed by atoms with Crippen LogP contribution in [0.15, 0.2) is 18.2 Å². The lowest BCUT2D eigenvalue weighted by molar-refractivity contribution is -0.274. The van der Waals surface area contributed by atoms with Crippen LogP contribution in [0, 0.1) is 0 Å². The number of anilines is 1. The maximum absolute atomic E-state index is 13.5. The summed E-state index contributed by atoms with van der Waals surface area (Å²) in [7, 11) is 0. The molecule has 1 unspecified atom stereocenters. The molecular formula is C9H6ClF6N. The van der Waals surface area contributed by atoms with Crippen LogP contribution in [0.1, 0.15) is 5.56 Å². The Morgan fingerprint density at radius 2 is 1.65 bits per heavy atom. The molecule has 1 aromatic carbocycles. The molecule has 0 aliphatic carbocycles. The predicted molar refractivity (Wildman–Crippen MR) is 50.7 cm³/mol. The minimum Gasteiger partial charge on any atom is -0.398 e. The molecule has 1 nitrogen and oxygen atoms in total. The highest BCUT2D eigenvalue weighted by Gasteiger charge is 2.64. The molecule has 17 heavy (non-hydrogen) atoms. The topological polar surface area (TPSA) is 26.0 Å². The summed E-state index contributed by atoms with van der Waals surface area (Å²) in [5.74, 6) is 0. The van der Waals surface area contributed by atoms with Crippen LogP contribution in [0.2, 0.25) is 5.02 Å². The van der Waals surface area contributed by atoms with Crippen molar-refractivity contribution < 1.29 is 26.3 Å². The maximum Gasteiger partial charge on any atom is 0.432 e. The highest BCUT2D eigenvalue weighted by atomic mass is 35.5. The molecule has 1 atom stereocenters. The minimum absolute atomic E-state index is 0.130. The van der Waals surface area contributed by atoms with Crippen LogP contribution in [-0.4, -0.2) is 12.6 Å². The summed E-state index contributed by atoms with van der Waals surface area (Å²) in [4.78, 5) is 0. The van der Waals surface area contributed by atoms with Crippen LogP contribution in [0.3, 0.4) is 0 Å². The number of rotatable bonds is 2. The molecule has 0 spiro atoms. The Morgan fingerprint density at radius 3 is 2.00 bits per heavy atom. The van der Waals surface area contributed by atoms with Crippen LogP contribution in [0.25, 0.3) is 0 Å². The summed E-state index contributed by atoms with van der Waals surface area (Å²) in [5.41, 5.74) is -0.974. The van der Waals surface area contributed by atoms with E-state index in [1.54, 1.807) is 0 Å². The molecule has 1 aromatic rings. The highest BCUT2D eigenvalue weighted by molar-refractivity contribution is 6.33. The standard InChI is InChI=1S/C9H6ClF6N/c10-5-3-4(1-2-6(5)17)8(13,7(11)12)9(14,15)16/h1-3,7H,17H2. The summed E-state index contributed by atoms with van der Waals surface area (Å²) in [6.07, 6.45) is -10.0. The van der Waals surface area contributed by atoms with Crippen LogP contribution in [0.5, 0.6) is 0 Å². The van der Waals surface area contributed by atoms with E-state index in [9.17, 15) is 26.3 Å². The Kier molecular flexibility index (Phi) is 3.52. The van der Waals surface area contributed by atoms with Crippen molar-refractivity contribution in [2.24, 2.45) is 0 Å². The number of nitrogen functional groups attached to an aromatic ring is 1. The van der Waals surface area contributed by atoms with E-state index in [0.29, 0.717) is 12.1 Å². The molecule has 0 saturated carbocycles. The lowest BCUT2D eigenvalue weighted by Crippen LogP contribution is -2.44. The summed E-state index contributed by atoms with van der Waals surface area (Å²) in [6, 6.07) is 1.80. The zero-order valence-electron chi connectivity index (χ0n) is 8.03. The first-order valence-electron chi connectivity index (χ1n) is 4.20. The van der Waals surface area contributed by atoms with E-state index in [2.05, 4.69) is 0 Å². The molecule has 0 saturated heterocycles. The van der Waals surface area contributed by atoms with Crippen molar-refractivity contribution in [3.8, 4) is 0 Å². The first-order valence-corrected chi connectivity index (χ1v) is 4.57. The first kappa shape index (κ1) is 14.0. The third-order valence-corrected chi connectivity index (χ3v) is 2.46. The minimum atomic E-state index is -5.75. The molecule has 0 bridgehead atoms. The van der Waals surface area contributed by atoms with Gasteiger partial charge in [-0.3, -0.25) is 0 Å². The normalized spacial score (nSPS) is 16.0. The molecule has 0 amide bonds. The quantitative estimate of drug-likeness (QED) is 0.643. The number of hydrogen-bond donors (Lipinski definition) is 1. The average Bonchev–Trinajstić information content (AvgIpc) is 2.19. The fraction of sp³-hybridized carbons (Fsp3) is 0.333. The van der Waals surface area contributed by atoms with E-state index in [-0.39, 0.29) is 5.69 Å². The van der Waals surface area contributed by atoms with Gasteiger partial charge in [-0.1, -0.05) is 17.7 Å². The van der Waals surface area contributed by atoms with E-state index < -0.39 is 28.9 Å². The summed E-state index contributed by atoms with van der Waals surface area (Å²) in [6.45, 7) is 0. The van der Waals surface area contributed by atoms with Gasteiger partial charge in [0, 0.05) is 5.56 Å². The Morgan fingerprint density at radius 1 is 1.12 bits per heavy atom. The molecule has 8 heteroatoms. The Balaban J connectivity index is 3.39. The lowest BCUT2D eigenvalue weighted by Gasteiger charge is -2.27. The van der Waals surface area contributed by atoms with Crippen molar-refractivity contribution in [1.29, 1.82) is 0 Å². The van der Waals surface area contributed by atoms with Gasteiger partial charge in [-0.2, -0.15) is 13.2 Å². The van der Waals surface area contributed by atoms with Crippen molar-refractivity contribution in [3.63, 3.8) is 0 Å². The molecule has 0 radical (unpaired) electrons. The Labute approximate surface area is 97.2 Å². The zero-order valence-corrected chi connectivity index (χ0v) is 8.79. The fourth-order valence-corrected chi connectivity index (χ4v) is 1.35. The van der Waals surface area contributed by atoms with Gasteiger partial charge < -0.3 is 5.73 Å². The Hall–Kier alpha value is -1.11. The molecule has 1 rings (SSSR count). The largest absolute Gasteiger partial charge is 0.432 e. The molecule has 0 aliphatic rings. The molecule has 0 heterocycles. The average molecular weight is 278 g/mol. The van der Waals surface area contributed by atoms with E-state index in [1.165, 1.54) is 0 Å². The number of alkyl halides is 6. The van der Waals surface area contributed by atoms with Gasteiger partial charge in [0.2, 0.25) is 0 Å². The second-order valence-electron chi connectivity index (χ2n) is 3.25. The molecule has 0 aliphatic heterocycles. The lowest BCUT2D eigenvalue weighted by atomic mass is 9.95. The molecule has 96 valence electrons. The van der Waals surface area contributed by atoms with Gasteiger partial charge in [-0.15, -0.1) is 0 Å². The third-order valence-electron chi connectivity index (χ3n) is 2.13. The summed E-state index contributed by atoms with van der Waals surface area (Å²) >= 11 is 5.37. The van der Waals surface area contributed by atoms with E-state index in [0.717, 1.165) is 6.07 Å². The predicted octanol–water partition coefficient (Wildman–Crippen LogP) is 3.91. The third kappa shape index (κ3) is 2.29. The SMILES string of the molecule is Nc1ccc(C(F)(C(F)F)C(F)(F)F)cc1Cl. The summed E-state index contributed by atoms with van der Waals surface area (Å²) in [5, 5.41) is -0.422. The van der Waals surface area contributed by atoms with Gasteiger partial charge in [-0.25, -0.2) is 13.2 Å². The maximum atomic E-state index is 13.5. The van der Waals surface area contributed by atoms with Crippen LogP contribution in [0.4, 0.5) is 32.0 Å². The zero-order chi connectivity index (χ0) is 13.4. The molecule has 0 aromatic heterocycles. The second kappa shape index (κ2) is 4.29. The highest BCUT2D eigenvalue weighted by Crippen LogP contribution is 2.47. The monoisotopic (exact) mass is 277 g/mol. The van der Waals surface area contributed by atoms with E-state index in [4.69, 9.17) is 17.3 Å².